The molecule has 5 nitrogen and oxygen atoms in total. The summed E-state index contributed by atoms with van der Waals surface area (Å²) >= 11 is 0. The van der Waals surface area contributed by atoms with Gasteiger partial charge in [-0.05, 0) is 33.1 Å². The molecule has 0 aliphatic carbocycles. The summed E-state index contributed by atoms with van der Waals surface area (Å²) in [7, 11) is 8.94. The lowest BCUT2D eigenvalue weighted by Gasteiger charge is -2.26. The standard InChI is InChI=1S/C14H24N2O3/c1-16(2)11(6-7-15)10-8-13(18-4)14(19-5)9-12(10)17-3/h8-9,11H,6-7,15H2,1-5H3. The van der Waals surface area contributed by atoms with E-state index in [1.165, 1.54) is 0 Å². The van der Waals surface area contributed by atoms with Crippen LogP contribution in [-0.2, 0) is 0 Å². The predicted molar refractivity (Wildman–Crippen MR) is 76.2 cm³/mol. The smallest absolute Gasteiger partial charge is 0.164 e. The first kappa shape index (κ1) is 15.6. The highest BCUT2D eigenvalue weighted by Crippen LogP contribution is 2.39. The molecule has 1 rings (SSSR count). The molecule has 0 spiro atoms. The zero-order valence-corrected chi connectivity index (χ0v) is 12.4. The SMILES string of the molecule is COc1cc(OC)c(C(CCN)N(C)C)cc1OC. The van der Waals surface area contributed by atoms with Crippen LogP contribution >= 0.6 is 0 Å². The average molecular weight is 268 g/mol. The van der Waals surface area contributed by atoms with Crippen molar-refractivity contribution in [3.8, 4) is 17.2 Å². The van der Waals surface area contributed by atoms with E-state index in [-0.39, 0.29) is 6.04 Å². The molecule has 2 N–H and O–H groups in total. The summed E-state index contributed by atoms with van der Waals surface area (Å²) in [6, 6.07) is 3.99. The molecule has 0 aliphatic rings. The molecule has 0 saturated carbocycles. The molecular weight excluding hydrogens is 244 g/mol. The summed E-state index contributed by atoms with van der Waals surface area (Å²) in [4.78, 5) is 2.12. The lowest BCUT2D eigenvalue weighted by molar-refractivity contribution is 0.274. The summed E-state index contributed by atoms with van der Waals surface area (Å²) in [6.07, 6.45) is 0.846. The topological polar surface area (TPSA) is 57.0 Å². The Morgan fingerprint density at radius 1 is 1.00 bits per heavy atom. The third kappa shape index (κ3) is 3.52. The maximum absolute atomic E-state index is 5.70. The third-order valence-electron chi connectivity index (χ3n) is 3.16. The van der Waals surface area contributed by atoms with Crippen molar-refractivity contribution in [3.05, 3.63) is 17.7 Å². The lowest BCUT2D eigenvalue weighted by Crippen LogP contribution is -2.23. The second-order valence-electron chi connectivity index (χ2n) is 4.51. The van der Waals surface area contributed by atoms with E-state index in [0.717, 1.165) is 17.7 Å². The Morgan fingerprint density at radius 2 is 1.53 bits per heavy atom. The molecule has 0 amide bonds. The Kier molecular flexibility index (Phi) is 5.92. The minimum Gasteiger partial charge on any atom is -0.496 e. The molecule has 1 atom stereocenters. The quantitative estimate of drug-likeness (QED) is 0.815. The second-order valence-corrected chi connectivity index (χ2v) is 4.51. The highest BCUT2D eigenvalue weighted by molar-refractivity contribution is 5.51. The number of benzene rings is 1. The Labute approximate surface area is 115 Å². The van der Waals surface area contributed by atoms with Gasteiger partial charge in [0.05, 0.1) is 21.3 Å². The van der Waals surface area contributed by atoms with Crippen LogP contribution < -0.4 is 19.9 Å². The molecule has 0 bridgehead atoms. The fourth-order valence-electron chi connectivity index (χ4n) is 2.16. The largest absolute Gasteiger partial charge is 0.496 e. The van der Waals surface area contributed by atoms with Crippen molar-refractivity contribution < 1.29 is 14.2 Å². The van der Waals surface area contributed by atoms with Gasteiger partial charge in [0.2, 0.25) is 0 Å². The Morgan fingerprint density at radius 3 is 1.95 bits per heavy atom. The van der Waals surface area contributed by atoms with Crippen LogP contribution in [0.2, 0.25) is 0 Å². The van der Waals surface area contributed by atoms with Crippen molar-refractivity contribution in [1.82, 2.24) is 4.90 Å². The van der Waals surface area contributed by atoms with Crippen LogP contribution in [0.15, 0.2) is 12.1 Å². The number of rotatable bonds is 7. The van der Waals surface area contributed by atoms with Gasteiger partial charge in [-0.15, -0.1) is 0 Å². The molecule has 108 valence electrons. The van der Waals surface area contributed by atoms with E-state index < -0.39 is 0 Å². The van der Waals surface area contributed by atoms with Gasteiger partial charge in [-0.25, -0.2) is 0 Å². The highest BCUT2D eigenvalue weighted by Gasteiger charge is 2.21. The predicted octanol–water partition coefficient (Wildman–Crippen LogP) is 1.66. The van der Waals surface area contributed by atoms with Gasteiger partial charge in [0.1, 0.15) is 5.75 Å². The first-order chi connectivity index (χ1) is 9.08. The van der Waals surface area contributed by atoms with Crippen molar-refractivity contribution in [2.45, 2.75) is 12.5 Å². The number of methoxy groups -OCH3 is 3. The summed E-state index contributed by atoms with van der Waals surface area (Å²) in [5, 5.41) is 0. The van der Waals surface area contributed by atoms with E-state index >= 15 is 0 Å². The van der Waals surface area contributed by atoms with Gasteiger partial charge in [-0.1, -0.05) is 0 Å². The molecule has 0 fully saturated rings. The van der Waals surface area contributed by atoms with E-state index in [2.05, 4.69) is 4.90 Å². The fourth-order valence-corrected chi connectivity index (χ4v) is 2.16. The fraction of sp³-hybridized carbons (Fsp3) is 0.571. The number of nitrogens with zero attached hydrogens (tertiary/aromatic N) is 1. The van der Waals surface area contributed by atoms with E-state index in [9.17, 15) is 0 Å². The third-order valence-corrected chi connectivity index (χ3v) is 3.16. The molecule has 0 aliphatic heterocycles. The summed E-state index contributed by atoms with van der Waals surface area (Å²) in [5.41, 5.74) is 6.75. The van der Waals surface area contributed by atoms with Gasteiger partial charge in [0.15, 0.2) is 11.5 Å². The maximum atomic E-state index is 5.70. The van der Waals surface area contributed by atoms with Crippen molar-refractivity contribution in [2.24, 2.45) is 5.73 Å². The van der Waals surface area contributed by atoms with Crippen LogP contribution in [0.4, 0.5) is 0 Å². The van der Waals surface area contributed by atoms with Crippen LogP contribution in [0, 0.1) is 0 Å². The molecule has 0 aromatic heterocycles. The maximum Gasteiger partial charge on any atom is 0.164 e. The highest BCUT2D eigenvalue weighted by atomic mass is 16.5. The van der Waals surface area contributed by atoms with E-state index in [1.807, 2.05) is 26.2 Å². The lowest BCUT2D eigenvalue weighted by atomic mass is 10.0. The second kappa shape index (κ2) is 7.21. The van der Waals surface area contributed by atoms with Crippen molar-refractivity contribution >= 4 is 0 Å². The normalized spacial score (nSPS) is 12.4. The van der Waals surface area contributed by atoms with Crippen LogP contribution in [0.1, 0.15) is 18.0 Å². The number of hydrogen-bond acceptors (Lipinski definition) is 5. The molecule has 5 heteroatoms. The molecule has 0 radical (unpaired) electrons. The number of hydrogen-bond donors (Lipinski definition) is 1. The molecule has 1 aromatic rings. The Hall–Kier alpha value is -1.46. The summed E-state index contributed by atoms with van der Waals surface area (Å²) < 4.78 is 16.1. The van der Waals surface area contributed by atoms with Crippen molar-refractivity contribution in [1.29, 1.82) is 0 Å². The summed E-state index contributed by atoms with van der Waals surface area (Å²) in [5.74, 6) is 2.14. The molecule has 0 saturated heterocycles. The van der Waals surface area contributed by atoms with Gasteiger partial charge in [0.25, 0.3) is 0 Å². The zero-order chi connectivity index (χ0) is 14.4. The molecule has 19 heavy (non-hydrogen) atoms. The van der Waals surface area contributed by atoms with Crippen molar-refractivity contribution in [2.75, 3.05) is 42.0 Å². The van der Waals surface area contributed by atoms with Crippen LogP contribution in [0.25, 0.3) is 0 Å². The van der Waals surface area contributed by atoms with E-state index in [0.29, 0.717) is 18.0 Å². The molecule has 1 aromatic carbocycles. The van der Waals surface area contributed by atoms with Crippen LogP contribution in [0.5, 0.6) is 17.2 Å². The summed E-state index contributed by atoms with van der Waals surface area (Å²) in [6.45, 7) is 0.611. The van der Waals surface area contributed by atoms with Gasteiger partial charge in [0, 0.05) is 17.7 Å². The van der Waals surface area contributed by atoms with Crippen molar-refractivity contribution in [3.63, 3.8) is 0 Å². The van der Waals surface area contributed by atoms with Gasteiger partial charge in [-0.2, -0.15) is 0 Å². The van der Waals surface area contributed by atoms with Gasteiger partial charge in [-0.3, -0.25) is 0 Å². The minimum absolute atomic E-state index is 0.180. The first-order valence-corrected chi connectivity index (χ1v) is 6.25. The van der Waals surface area contributed by atoms with Gasteiger partial charge < -0.3 is 24.8 Å². The number of nitrogens with two attached hydrogens (primary N) is 1. The van der Waals surface area contributed by atoms with Crippen LogP contribution in [0.3, 0.4) is 0 Å². The van der Waals surface area contributed by atoms with Gasteiger partial charge >= 0.3 is 0 Å². The number of ether oxygens (including phenoxy) is 3. The molecular formula is C14H24N2O3. The van der Waals surface area contributed by atoms with Crippen LogP contribution in [-0.4, -0.2) is 46.9 Å². The monoisotopic (exact) mass is 268 g/mol. The van der Waals surface area contributed by atoms with E-state index in [4.69, 9.17) is 19.9 Å². The van der Waals surface area contributed by atoms with E-state index in [1.54, 1.807) is 21.3 Å². The average Bonchev–Trinajstić information content (AvgIpc) is 2.42. The Balaban J connectivity index is 3.30. The Bertz CT molecular complexity index is 408. The first-order valence-electron chi connectivity index (χ1n) is 6.25. The molecule has 1 unspecified atom stereocenters. The zero-order valence-electron chi connectivity index (χ0n) is 12.4. The minimum atomic E-state index is 0.180. The molecule has 0 heterocycles.